The van der Waals surface area contributed by atoms with E-state index in [1.165, 1.54) is 31.6 Å². The van der Waals surface area contributed by atoms with Crippen LogP contribution >= 0.6 is 0 Å². The van der Waals surface area contributed by atoms with E-state index in [0.717, 1.165) is 24.7 Å². The molecule has 2 heterocycles. The van der Waals surface area contributed by atoms with Crippen molar-refractivity contribution in [3.63, 3.8) is 0 Å². The normalized spacial score (nSPS) is 22.4. The maximum absolute atomic E-state index is 4.47. The molecule has 0 spiro atoms. The van der Waals surface area contributed by atoms with Crippen LogP contribution in [0.2, 0.25) is 0 Å². The molecule has 14 heavy (non-hydrogen) atoms. The van der Waals surface area contributed by atoms with Gasteiger partial charge in [0.2, 0.25) is 0 Å². The first-order chi connectivity index (χ1) is 6.81. The lowest BCUT2D eigenvalue weighted by Gasteiger charge is -2.27. The van der Waals surface area contributed by atoms with Gasteiger partial charge in [-0.2, -0.15) is 5.10 Å². The minimum absolute atomic E-state index is 1.01. The van der Waals surface area contributed by atoms with Crippen LogP contribution in [0.3, 0.4) is 0 Å². The van der Waals surface area contributed by atoms with Gasteiger partial charge >= 0.3 is 0 Å². The van der Waals surface area contributed by atoms with Crippen LogP contribution in [-0.2, 0) is 13.1 Å². The smallest absolute Gasteiger partial charge is 0.0597 e. The van der Waals surface area contributed by atoms with Crippen LogP contribution in [0.4, 0.5) is 0 Å². The molecule has 1 aliphatic carbocycles. The molecule has 1 aromatic rings. The van der Waals surface area contributed by atoms with Gasteiger partial charge in [-0.1, -0.05) is 0 Å². The van der Waals surface area contributed by atoms with Gasteiger partial charge < -0.3 is 0 Å². The molecule has 3 nitrogen and oxygen atoms in total. The van der Waals surface area contributed by atoms with E-state index < -0.39 is 0 Å². The number of fused-ring (bicyclic) bond motifs is 1. The number of hydrogen-bond donors (Lipinski definition) is 0. The van der Waals surface area contributed by atoms with Crippen LogP contribution < -0.4 is 0 Å². The zero-order valence-electron chi connectivity index (χ0n) is 8.74. The lowest BCUT2D eigenvalue weighted by Crippen LogP contribution is -2.35. The Balaban J connectivity index is 1.71. The van der Waals surface area contributed by atoms with Crippen LogP contribution in [0.25, 0.3) is 0 Å². The molecule has 0 atom stereocenters. The number of nitrogens with zero attached hydrogens (tertiary/aromatic N) is 3. The summed E-state index contributed by atoms with van der Waals surface area (Å²) >= 11 is 0. The van der Waals surface area contributed by atoms with Crippen LogP contribution in [0, 0.1) is 12.8 Å². The van der Waals surface area contributed by atoms with E-state index in [4.69, 9.17) is 0 Å². The topological polar surface area (TPSA) is 21.1 Å². The predicted molar refractivity (Wildman–Crippen MR) is 55.0 cm³/mol. The molecule has 1 fully saturated rings. The monoisotopic (exact) mass is 191 g/mol. The summed E-state index contributed by atoms with van der Waals surface area (Å²) in [5, 5.41) is 4.47. The lowest BCUT2D eigenvalue weighted by molar-refractivity contribution is 0.205. The second-order valence-electron chi connectivity index (χ2n) is 4.68. The van der Waals surface area contributed by atoms with E-state index in [0.29, 0.717) is 0 Å². The Morgan fingerprint density at radius 3 is 3.07 bits per heavy atom. The van der Waals surface area contributed by atoms with E-state index >= 15 is 0 Å². The molecular weight excluding hydrogens is 174 g/mol. The second kappa shape index (κ2) is 3.09. The van der Waals surface area contributed by atoms with Crippen LogP contribution in [0.5, 0.6) is 0 Å². The number of hydrogen-bond acceptors (Lipinski definition) is 2. The molecule has 0 saturated heterocycles. The molecular formula is C11H17N3. The third-order valence-electron chi connectivity index (χ3n) is 3.21. The molecule has 0 radical (unpaired) electrons. The molecule has 76 valence electrons. The highest BCUT2D eigenvalue weighted by atomic mass is 15.3. The van der Waals surface area contributed by atoms with Crippen molar-refractivity contribution in [2.45, 2.75) is 32.9 Å². The Kier molecular flexibility index (Phi) is 1.87. The van der Waals surface area contributed by atoms with Crippen molar-refractivity contribution in [2.24, 2.45) is 5.92 Å². The third kappa shape index (κ3) is 1.57. The van der Waals surface area contributed by atoms with Crippen molar-refractivity contribution in [3.8, 4) is 0 Å². The first-order valence-corrected chi connectivity index (χ1v) is 5.57. The highest BCUT2D eigenvalue weighted by molar-refractivity contribution is 5.10. The van der Waals surface area contributed by atoms with Gasteiger partial charge in [0.05, 0.1) is 17.9 Å². The fourth-order valence-corrected chi connectivity index (χ4v) is 2.29. The van der Waals surface area contributed by atoms with Crippen molar-refractivity contribution in [1.82, 2.24) is 14.7 Å². The van der Waals surface area contributed by atoms with E-state index in [1.54, 1.807) is 0 Å². The summed E-state index contributed by atoms with van der Waals surface area (Å²) in [4.78, 5) is 2.58. The Hall–Kier alpha value is -0.830. The number of rotatable bonds is 2. The standard InChI is InChI=1S/C11H17N3/c1-9-6-11-8-13(7-10-2-3-10)4-5-14(11)12-9/h6,10H,2-5,7-8H2,1H3. The fraction of sp³-hybridized carbons (Fsp3) is 0.727. The van der Waals surface area contributed by atoms with Crippen LogP contribution in [-0.4, -0.2) is 27.8 Å². The molecule has 0 amide bonds. The highest BCUT2D eigenvalue weighted by Crippen LogP contribution is 2.30. The number of aryl methyl sites for hydroxylation is 1. The molecule has 0 bridgehead atoms. The fourth-order valence-electron chi connectivity index (χ4n) is 2.29. The van der Waals surface area contributed by atoms with Crippen molar-refractivity contribution in [1.29, 1.82) is 0 Å². The predicted octanol–water partition coefficient (Wildman–Crippen LogP) is 1.42. The zero-order chi connectivity index (χ0) is 9.54. The second-order valence-corrected chi connectivity index (χ2v) is 4.68. The lowest BCUT2D eigenvalue weighted by atomic mass is 10.2. The SMILES string of the molecule is Cc1cc2n(n1)CCN(CC1CC1)C2. The first-order valence-electron chi connectivity index (χ1n) is 5.57. The summed E-state index contributed by atoms with van der Waals surface area (Å²) in [7, 11) is 0. The Labute approximate surface area is 84.7 Å². The Morgan fingerprint density at radius 1 is 1.43 bits per heavy atom. The summed E-state index contributed by atoms with van der Waals surface area (Å²) in [6.45, 7) is 6.76. The van der Waals surface area contributed by atoms with E-state index in [1.807, 2.05) is 0 Å². The van der Waals surface area contributed by atoms with Gasteiger partial charge in [-0.15, -0.1) is 0 Å². The molecule has 3 heteroatoms. The zero-order valence-corrected chi connectivity index (χ0v) is 8.74. The van der Waals surface area contributed by atoms with Crippen LogP contribution in [0.1, 0.15) is 24.2 Å². The first kappa shape index (κ1) is 8.48. The summed E-state index contributed by atoms with van der Waals surface area (Å²) in [5.41, 5.74) is 2.56. The maximum atomic E-state index is 4.47. The highest BCUT2D eigenvalue weighted by Gasteiger charge is 2.26. The summed E-state index contributed by atoms with van der Waals surface area (Å²) in [5.74, 6) is 1.01. The van der Waals surface area contributed by atoms with E-state index in [9.17, 15) is 0 Å². The third-order valence-corrected chi connectivity index (χ3v) is 3.21. The van der Waals surface area contributed by atoms with Crippen molar-refractivity contribution in [2.75, 3.05) is 13.1 Å². The van der Waals surface area contributed by atoms with Gasteiger partial charge in [0.25, 0.3) is 0 Å². The minimum Gasteiger partial charge on any atom is -0.295 e. The van der Waals surface area contributed by atoms with Crippen molar-refractivity contribution in [3.05, 3.63) is 17.5 Å². The largest absolute Gasteiger partial charge is 0.295 e. The van der Waals surface area contributed by atoms with Crippen molar-refractivity contribution >= 4 is 0 Å². The molecule has 1 aliphatic heterocycles. The van der Waals surface area contributed by atoms with E-state index in [-0.39, 0.29) is 0 Å². The van der Waals surface area contributed by atoms with E-state index in [2.05, 4.69) is 27.7 Å². The molecule has 1 aromatic heterocycles. The van der Waals surface area contributed by atoms with Gasteiger partial charge in [-0.05, 0) is 31.7 Å². The molecule has 3 rings (SSSR count). The maximum Gasteiger partial charge on any atom is 0.0597 e. The molecule has 1 saturated carbocycles. The number of aromatic nitrogens is 2. The van der Waals surface area contributed by atoms with Gasteiger partial charge in [-0.3, -0.25) is 9.58 Å². The molecule has 0 aromatic carbocycles. The Bertz CT molecular complexity index is 338. The average molecular weight is 191 g/mol. The average Bonchev–Trinajstić information content (AvgIpc) is 2.86. The van der Waals surface area contributed by atoms with Gasteiger partial charge in [-0.25, -0.2) is 0 Å². The molecule has 0 N–H and O–H groups in total. The van der Waals surface area contributed by atoms with Crippen molar-refractivity contribution < 1.29 is 0 Å². The summed E-state index contributed by atoms with van der Waals surface area (Å²) in [6, 6.07) is 2.22. The summed E-state index contributed by atoms with van der Waals surface area (Å²) < 4.78 is 2.17. The summed E-state index contributed by atoms with van der Waals surface area (Å²) in [6.07, 6.45) is 2.91. The quantitative estimate of drug-likeness (QED) is 0.705. The minimum atomic E-state index is 1.01. The van der Waals surface area contributed by atoms with Gasteiger partial charge in [0.15, 0.2) is 0 Å². The Morgan fingerprint density at radius 2 is 2.29 bits per heavy atom. The van der Waals surface area contributed by atoms with Gasteiger partial charge in [0, 0.05) is 19.6 Å². The van der Waals surface area contributed by atoms with Gasteiger partial charge in [0.1, 0.15) is 0 Å². The van der Waals surface area contributed by atoms with Crippen LogP contribution in [0.15, 0.2) is 6.07 Å². The molecule has 2 aliphatic rings. The molecule has 0 unspecified atom stereocenters.